The van der Waals surface area contributed by atoms with Crippen LogP contribution < -0.4 is 10.1 Å². The van der Waals surface area contributed by atoms with Crippen molar-refractivity contribution in [3.63, 3.8) is 0 Å². The van der Waals surface area contributed by atoms with E-state index >= 15 is 0 Å². The molecule has 0 aromatic heterocycles. The number of rotatable bonds is 13. The number of carbonyl (C=O) groups excluding carboxylic acids is 1. The van der Waals surface area contributed by atoms with Crippen LogP contribution in [0.25, 0.3) is 0 Å². The first-order valence-electron chi connectivity index (χ1n) is 10.8. The number of carbonyl (C=O) groups is 3. The van der Waals surface area contributed by atoms with E-state index in [0.717, 1.165) is 11.1 Å². The maximum absolute atomic E-state index is 11.9. The van der Waals surface area contributed by atoms with Gasteiger partial charge in [-0.05, 0) is 61.1 Å². The van der Waals surface area contributed by atoms with Crippen molar-refractivity contribution in [2.45, 2.75) is 58.2 Å². The van der Waals surface area contributed by atoms with E-state index in [9.17, 15) is 19.5 Å². The highest BCUT2D eigenvalue weighted by Crippen LogP contribution is 2.19. The fourth-order valence-corrected chi connectivity index (χ4v) is 3.24. The molecule has 0 bridgehead atoms. The molecule has 0 aliphatic carbocycles. The SMILES string of the molecule is CC(C)(O)CCC(=O)NCCc1cccc(OCc2ccc(CC(=O)O)c(CC(=O)O)c2)c1. The van der Waals surface area contributed by atoms with Crippen molar-refractivity contribution in [1.82, 2.24) is 5.32 Å². The van der Waals surface area contributed by atoms with Gasteiger partial charge in [-0.3, -0.25) is 14.4 Å². The third-order valence-electron chi connectivity index (χ3n) is 4.96. The van der Waals surface area contributed by atoms with E-state index in [4.69, 9.17) is 14.9 Å². The molecule has 0 heterocycles. The highest BCUT2D eigenvalue weighted by Gasteiger charge is 2.14. The summed E-state index contributed by atoms with van der Waals surface area (Å²) in [6.45, 7) is 4.02. The van der Waals surface area contributed by atoms with Crippen LogP contribution in [0.1, 0.15) is 48.9 Å². The second-order valence-corrected chi connectivity index (χ2v) is 8.59. The van der Waals surface area contributed by atoms with Crippen molar-refractivity contribution in [1.29, 1.82) is 0 Å². The molecule has 0 radical (unpaired) electrons. The lowest BCUT2D eigenvalue weighted by Gasteiger charge is -2.16. The first kappa shape index (κ1) is 25.9. The average Bonchev–Trinajstić information content (AvgIpc) is 2.71. The molecule has 0 aliphatic rings. The van der Waals surface area contributed by atoms with Crippen molar-refractivity contribution in [3.8, 4) is 5.75 Å². The molecule has 0 fully saturated rings. The van der Waals surface area contributed by atoms with E-state index < -0.39 is 17.5 Å². The first-order chi connectivity index (χ1) is 15.5. The van der Waals surface area contributed by atoms with Crippen LogP contribution in [-0.4, -0.2) is 45.3 Å². The van der Waals surface area contributed by atoms with Gasteiger partial charge in [0, 0.05) is 13.0 Å². The van der Waals surface area contributed by atoms with Gasteiger partial charge in [0.15, 0.2) is 0 Å². The van der Waals surface area contributed by atoms with Crippen LogP contribution in [0.4, 0.5) is 0 Å². The second-order valence-electron chi connectivity index (χ2n) is 8.59. The van der Waals surface area contributed by atoms with E-state index in [0.29, 0.717) is 36.3 Å². The van der Waals surface area contributed by atoms with Crippen LogP contribution in [0.5, 0.6) is 5.75 Å². The summed E-state index contributed by atoms with van der Waals surface area (Å²) in [5, 5.41) is 30.7. The summed E-state index contributed by atoms with van der Waals surface area (Å²) < 4.78 is 5.84. The van der Waals surface area contributed by atoms with Crippen molar-refractivity contribution in [2.24, 2.45) is 0 Å². The first-order valence-corrected chi connectivity index (χ1v) is 10.8. The zero-order valence-corrected chi connectivity index (χ0v) is 19.0. The summed E-state index contributed by atoms with van der Waals surface area (Å²) in [5.41, 5.74) is 1.79. The van der Waals surface area contributed by atoms with Gasteiger partial charge in [0.05, 0.1) is 18.4 Å². The number of aliphatic carboxylic acids is 2. The molecular weight excluding hydrogens is 426 g/mol. The van der Waals surface area contributed by atoms with Gasteiger partial charge >= 0.3 is 11.9 Å². The molecule has 2 aromatic rings. The van der Waals surface area contributed by atoms with Crippen molar-refractivity contribution < 1.29 is 34.4 Å². The predicted molar refractivity (Wildman–Crippen MR) is 122 cm³/mol. The summed E-state index contributed by atoms with van der Waals surface area (Å²) in [4.78, 5) is 34.0. The third kappa shape index (κ3) is 10.2. The fourth-order valence-electron chi connectivity index (χ4n) is 3.24. The van der Waals surface area contributed by atoms with E-state index in [1.165, 1.54) is 0 Å². The summed E-state index contributed by atoms with van der Waals surface area (Å²) in [6.07, 6.45) is 0.793. The Hall–Kier alpha value is -3.39. The minimum atomic E-state index is -1.03. The summed E-state index contributed by atoms with van der Waals surface area (Å²) in [6, 6.07) is 12.5. The van der Waals surface area contributed by atoms with Gasteiger partial charge in [0.2, 0.25) is 5.91 Å². The Balaban J connectivity index is 1.91. The van der Waals surface area contributed by atoms with Crippen molar-refractivity contribution in [2.75, 3.05) is 6.54 Å². The number of ether oxygens (including phenoxy) is 1. The van der Waals surface area contributed by atoms with Crippen LogP contribution in [0.3, 0.4) is 0 Å². The van der Waals surface area contributed by atoms with Crippen LogP contribution in [0.2, 0.25) is 0 Å². The Morgan fingerprint density at radius 1 is 0.939 bits per heavy atom. The average molecular weight is 458 g/mol. The number of nitrogens with one attached hydrogen (secondary N) is 1. The molecule has 33 heavy (non-hydrogen) atoms. The Bertz CT molecular complexity index is 979. The number of hydrogen-bond donors (Lipinski definition) is 4. The standard InChI is InChI=1S/C25H31NO7/c1-25(2,32)10-8-22(27)26-11-9-17-4-3-5-21(13-17)33-16-18-6-7-19(14-23(28)29)20(12-18)15-24(30)31/h3-7,12-13,32H,8-11,14-16H2,1-2H3,(H,26,27)(H,28,29)(H,30,31). The summed E-state index contributed by atoms with van der Waals surface area (Å²) in [7, 11) is 0. The second kappa shape index (κ2) is 12.0. The third-order valence-corrected chi connectivity index (χ3v) is 4.96. The molecule has 0 saturated carbocycles. The lowest BCUT2D eigenvalue weighted by atomic mass is 9.99. The van der Waals surface area contributed by atoms with E-state index in [1.54, 1.807) is 32.0 Å². The minimum absolute atomic E-state index is 0.104. The normalized spacial score (nSPS) is 11.1. The molecule has 2 rings (SSSR count). The molecular formula is C25H31NO7. The maximum Gasteiger partial charge on any atom is 0.307 e. The molecule has 0 unspecified atom stereocenters. The minimum Gasteiger partial charge on any atom is -0.489 e. The van der Waals surface area contributed by atoms with E-state index in [2.05, 4.69) is 5.32 Å². The van der Waals surface area contributed by atoms with E-state index in [-0.39, 0.29) is 31.8 Å². The van der Waals surface area contributed by atoms with Crippen molar-refractivity contribution >= 4 is 17.8 Å². The lowest BCUT2D eigenvalue weighted by molar-refractivity contribution is -0.137. The summed E-state index contributed by atoms with van der Waals surface area (Å²) in [5.74, 6) is -1.52. The number of hydrogen-bond acceptors (Lipinski definition) is 5. The molecule has 0 aliphatic heterocycles. The van der Waals surface area contributed by atoms with Gasteiger partial charge < -0.3 is 25.4 Å². The number of carboxylic acid groups (broad SMARTS) is 2. The van der Waals surface area contributed by atoms with Crippen molar-refractivity contribution in [3.05, 3.63) is 64.7 Å². The van der Waals surface area contributed by atoms with Gasteiger partial charge in [-0.2, -0.15) is 0 Å². The monoisotopic (exact) mass is 457 g/mol. The molecule has 0 atom stereocenters. The zero-order chi connectivity index (χ0) is 24.4. The largest absolute Gasteiger partial charge is 0.489 e. The highest BCUT2D eigenvalue weighted by molar-refractivity contribution is 5.76. The molecule has 2 aromatic carbocycles. The fraction of sp³-hybridized carbons (Fsp3) is 0.400. The van der Waals surface area contributed by atoms with Crippen LogP contribution in [-0.2, 0) is 40.3 Å². The molecule has 1 amide bonds. The number of benzene rings is 2. The van der Waals surface area contributed by atoms with Gasteiger partial charge in [0.1, 0.15) is 12.4 Å². The lowest BCUT2D eigenvalue weighted by Crippen LogP contribution is -2.28. The van der Waals surface area contributed by atoms with Crippen LogP contribution in [0.15, 0.2) is 42.5 Å². The molecule has 0 saturated heterocycles. The zero-order valence-electron chi connectivity index (χ0n) is 19.0. The predicted octanol–water partition coefficient (Wildman–Crippen LogP) is 2.73. The van der Waals surface area contributed by atoms with Gasteiger partial charge in [-0.15, -0.1) is 0 Å². The maximum atomic E-state index is 11.9. The van der Waals surface area contributed by atoms with Gasteiger partial charge in [0.25, 0.3) is 0 Å². The molecule has 8 nitrogen and oxygen atoms in total. The Morgan fingerprint density at radius 3 is 2.30 bits per heavy atom. The Morgan fingerprint density at radius 2 is 1.64 bits per heavy atom. The van der Waals surface area contributed by atoms with Crippen LogP contribution >= 0.6 is 0 Å². The highest BCUT2D eigenvalue weighted by atomic mass is 16.5. The molecule has 0 spiro atoms. The number of aliphatic hydroxyl groups is 1. The molecule has 8 heteroatoms. The number of carboxylic acids is 2. The smallest absolute Gasteiger partial charge is 0.307 e. The summed E-state index contributed by atoms with van der Waals surface area (Å²) >= 11 is 0. The van der Waals surface area contributed by atoms with E-state index in [1.807, 2.05) is 24.3 Å². The molecule has 4 N–H and O–H groups in total. The Kier molecular flexibility index (Phi) is 9.42. The number of amides is 1. The topological polar surface area (TPSA) is 133 Å². The quantitative estimate of drug-likeness (QED) is 0.363. The van der Waals surface area contributed by atoms with Gasteiger partial charge in [-0.25, -0.2) is 0 Å². The van der Waals surface area contributed by atoms with Gasteiger partial charge in [-0.1, -0.05) is 30.3 Å². The van der Waals surface area contributed by atoms with Crippen LogP contribution in [0, 0.1) is 0 Å². The molecule has 178 valence electrons. The Labute approximate surface area is 193 Å².